The van der Waals surface area contributed by atoms with Crippen LogP contribution in [0.15, 0.2) is 0 Å². The Morgan fingerprint density at radius 3 is 2.44 bits per heavy atom. The molecule has 1 fully saturated rings. The molecule has 3 heteroatoms. The predicted octanol–water partition coefficient (Wildman–Crippen LogP) is 1.93. The Balaban J connectivity index is 2.06. The third-order valence-electron chi connectivity index (χ3n) is 3.22. The van der Waals surface area contributed by atoms with Gasteiger partial charge in [-0.25, -0.2) is 0 Å². The Bertz CT molecular complexity index is 233. The summed E-state index contributed by atoms with van der Waals surface area (Å²) in [5, 5.41) is 6.46. The Hall–Kier alpha value is -0.570. The highest BCUT2D eigenvalue weighted by Crippen LogP contribution is 2.24. The minimum absolute atomic E-state index is 0.133. The summed E-state index contributed by atoms with van der Waals surface area (Å²) >= 11 is 0. The van der Waals surface area contributed by atoms with Gasteiger partial charge in [0.05, 0.1) is 0 Å². The smallest absolute Gasteiger partial charge is 0.225 e. The lowest BCUT2D eigenvalue weighted by Gasteiger charge is -2.18. The second kappa shape index (κ2) is 5.67. The first-order chi connectivity index (χ1) is 7.39. The maximum atomic E-state index is 11.6. The fourth-order valence-electron chi connectivity index (χ4n) is 2.11. The molecule has 1 rings (SSSR count). The Morgan fingerprint density at radius 2 is 1.94 bits per heavy atom. The van der Waals surface area contributed by atoms with Crippen molar-refractivity contribution in [1.29, 1.82) is 0 Å². The van der Waals surface area contributed by atoms with Crippen molar-refractivity contribution in [3.63, 3.8) is 0 Å². The van der Waals surface area contributed by atoms with Crippen LogP contribution in [-0.2, 0) is 4.79 Å². The van der Waals surface area contributed by atoms with E-state index in [0.29, 0.717) is 6.04 Å². The van der Waals surface area contributed by atoms with Gasteiger partial charge in [-0.1, -0.05) is 27.7 Å². The molecule has 16 heavy (non-hydrogen) atoms. The zero-order valence-corrected chi connectivity index (χ0v) is 11.1. The van der Waals surface area contributed by atoms with Gasteiger partial charge in [-0.2, -0.15) is 0 Å². The molecule has 0 aromatic heterocycles. The minimum atomic E-state index is -0.276. The molecular weight excluding hydrogens is 200 g/mol. The van der Waals surface area contributed by atoms with Crippen LogP contribution in [0.5, 0.6) is 0 Å². The average Bonchev–Trinajstić information content (AvgIpc) is 2.57. The molecule has 1 amide bonds. The van der Waals surface area contributed by atoms with Crippen LogP contribution in [0.1, 0.15) is 47.0 Å². The van der Waals surface area contributed by atoms with Crippen LogP contribution in [0, 0.1) is 11.3 Å². The molecule has 0 spiro atoms. The summed E-state index contributed by atoms with van der Waals surface area (Å²) < 4.78 is 0. The number of carbonyl (C=O) groups excluding carboxylic acids is 1. The van der Waals surface area contributed by atoms with E-state index in [1.54, 1.807) is 0 Å². The first-order valence-electron chi connectivity index (χ1n) is 6.41. The number of hydrogen-bond donors (Lipinski definition) is 2. The number of hydrogen-bond acceptors (Lipinski definition) is 2. The van der Waals surface area contributed by atoms with Crippen molar-refractivity contribution in [3.05, 3.63) is 0 Å². The SMILES string of the molecule is CC1CCC(NCCNC(=O)C(C)(C)C)C1. The molecule has 1 aliphatic carbocycles. The molecule has 2 unspecified atom stereocenters. The fourth-order valence-corrected chi connectivity index (χ4v) is 2.11. The molecule has 94 valence electrons. The topological polar surface area (TPSA) is 41.1 Å². The summed E-state index contributed by atoms with van der Waals surface area (Å²) in [7, 11) is 0. The molecule has 2 atom stereocenters. The van der Waals surface area contributed by atoms with Gasteiger partial charge in [0.1, 0.15) is 0 Å². The summed E-state index contributed by atoms with van der Waals surface area (Å²) in [5.74, 6) is 0.996. The highest BCUT2D eigenvalue weighted by molar-refractivity contribution is 5.81. The van der Waals surface area contributed by atoms with Crippen LogP contribution < -0.4 is 10.6 Å². The Labute approximate surface area is 99.4 Å². The quantitative estimate of drug-likeness (QED) is 0.719. The van der Waals surface area contributed by atoms with Gasteiger partial charge in [0.2, 0.25) is 5.91 Å². The number of nitrogens with one attached hydrogen (secondary N) is 2. The average molecular weight is 226 g/mol. The zero-order chi connectivity index (χ0) is 12.2. The minimum Gasteiger partial charge on any atom is -0.354 e. The van der Waals surface area contributed by atoms with Crippen LogP contribution >= 0.6 is 0 Å². The zero-order valence-electron chi connectivity index (χ0n) is 11.1. The van der Waals surface area contributed by atoms with Gasteiger partial charge in [-0.15, -0.1) is 0 Å². The van der Waals surface area contributed by atoms with Crippen molar-refractivity contribution in [1.82, 2.24) is 10.6 Å². The van der Waals surface area contributed by atoms with E-state index >= 15 is 0 Å². The molecule has 0 saturated heterocycles. The predicted molar refractivity (Wildman–Crippen MR) is 67.3 cm³/mol. The number of carbonyl (C=O) groups is 1. The first-order valence-corrected chi connectivity index (χ1v) is 6.41. The van der Waals surface area contributed by atoms with Crippen LogP contribution in [0.3, 0.4) is 0 Å². The van der Waals surface area contributed by atoms with Gasteiger partial charge in [0.25, 0.3) is 0 Å². The van der Waals surface area contributed by atoms with E-state index < -0.39 is 0 Å². The molecule has 0 heterocycles. The molecule has 1 saturated carbocycles. The summed E-state index contributed by atoms with van der Waals surface area (Å²) in [5.41, 5.74) is -0.276. The maximum Gasteiger partial charge on any atom is 0.225 e. The highest BCUT2D eigenvalue weighted by atomic mass is 16.2. The Morgan fingerprint density at radius 1 is 1.25 bits per heavy atom. The van der Waals surface area contributed by atoms with Crippen molar-refractivity contribution >= 4 is 5.91 Å². The van der Waals surface area contributed by atoms with Crippen molar-refractivity contribution in [2.75, 3.05) is 13.1 Å². The van der Waals surface area contributed by atoms with E-state index in [9.17, 15) is 4.79 Å². The van der Waals surface area contributed by atoms with Crippen molar-refractivity contribution in [3.8, 4) is 0 Å². The van der Waals surface area contributed by atoms with Crippen LogP contribution in [0.4, 0.5) is 0 Å². The third-order valence-corrected chi connectivity index (χ3v) is 3.22. The van der Waals surface area contributed by atoms with Gasteiger partial charge in [0.15, 0.2) is 0 Å². The van der Waals surface area contributed by atoms with Crippen molar-refractivity contribution in [2.24, 2.45) is 11.3 Å². The van der Waals surface area contributed by atoms with Gasteiger partial charge in [-0.3, -0.25) is 4.79 Å². The number of amides is 1. The summed E-state index contributed by atoms with van der Waals surface area (Å²) in [6.07, 6.45) is 3.91. The summed E-state index contributed by atoms with van der Waals surface area (Å²) in [6.45, 7) is 9.75. The second-order valence-electron chi connectivity index (χ2n) is 6.08. The molecule has 1 aliphatic rings. The summed E-state index contributed by atoms with van der Waals surface area (Å²) in [6, 6.07) is 0.668. The Kier molecular flexibility index (Phi) is 4.78. The lowest BCUT2D eigenvalue weighted by Crippen LogP contribution is -2.40. The molecule has 0 aromatic rings. The largest absolute Gasteiger partial charge is 0.354 e. The molecule has 0 aliphatic heterocycles. The van der Waals surface area contributed by atoms with Gasteiger partial charge >= 0.3 is 0 Å². The number of rotatable bonds is 4. The molecular formula is C13H26N2O. The second-order valence-corrected chi connectivity index (χ2v) is 6.08. The van der Waals surface area contributed by atoms with E-state index in [1.165, 1.54) is 19.3 Å². The lowest BCUT2D eigenvalue weighted by atomic mass is 9.96. The van der Waals surface area contributed by atoms with E-state index in [2.05, 4.69) is 17.6 Å². The summed E-state index contributed by atoms with van der Waals surface area (Å²) in [4.78, 5) is 11.6. The van der Waals surface area contributed by atoms with E-state index in [0.717, 1.165) is 19.0 Å². The molecule has 2 N–H and O–H groups in total. The third kappa shape index (κ3) is 4.52. The van der Waals surface area contributed by atoms with Crippen LogP contribution in [-0.4, -0.2) is 25.0 Å². The van der Waals surface area contributed by atoms with Gasteiger partial charge < -0.3 is 10.6 Å². The van der Waals surface area contributed by atoms with Gasteiger partial charge in [-0.05, 0) is 25.2 Å². The van der Waals surface area contributed by atoms with Crippen molar-refractivity contribution in [2.45, 2.75) is 53.0 Å². The lowest BCUT2D eigenvalue weighted by molar-refractivity contribution is -0.128. The first kappa shape index (κ1) is 13.5. The van der Waals surface area contributed by atoms with Crippen LogP contribution in [0.25, 0.3) is 0 Å². The molecule has 0 radical (unpaired) electrons. The van der Waals surface area contributed by atoms with E-state index in [-0.39, 0.29) is 11.3 Å². The van der Waals surface area contributed by atoms with E-state index in [1.807, 2.05) is 20.8 Å². The van der Waals surface area contributed by atoms with Crippen molar-refractivity contribution < 1.29 is 4.79 Å². The highest BCUT2D eigenvalue weighted by Gasteiger charge is 2.22. The molecule has 0 bridgehead atoms. The monoisotopic (exact) mass is 226 g/mol. The molecule has 3 nitrogen and oxygen atoms in total. The molecule has 0 aromatic carbocycles. The standard InChI is InChI=1S/C13H26N2O/c1-10-5-6-11(9-10)14-7-8-15-12(16)13(2,3)4/h10-11,14H,5-9H2,1-4H3,(H,15,16). The fraction of sp³-hybridized carbons (Fsp3) is 0.923. The van der Waals surface area contributed by atoms with Crippen LogP contribution in [0.2, 0.25) is 0 Å². The normalized spacial score (nSPS) is 25.8. The van der Waals surface area contributed by atoms with Gasteiger partial charge in [0, 0.05) is 24.5 Å². The maximum absolute atomic E-state index is 11.6. The van der Waals surface area contributed by atoms with E-state index in [4.69, 9.17) is 0 Å².